The molecule has 158 valence electrons. The van der Waals surface area contributed by atoms with Gasteiger partial charge in [-0.15, -0.1) is 11.3 Å². The van der Waals surface area contributed by atoms with Crippen molar-refractivity contribution in [3.05, 3.63) is 69.0 Å². The number of nitrogens with zero attached hydrogens (tertiary/aromatic N) is 2. The Morgan fingerprint density at radius 3 is 2.07 bits per heavy atom. The van der Waals surface area contributed by atoms with Crippen molar-refractivity contribution in [1.82, 2.24) is 4.98 Å². The zero-order valence-corrected chi connectivity index (χ0v) is 17.5. The summed E-state index contributed by atoms with van der Waals surface area (Å²) in [5.41, 5.74) is 0.946. The maximum absolute atomic E-state index is 13.0. The van der Waals surface area contributed by atoms with Gasteiger partial charge in [-0.25, -0.2) is 4.98 Å². The minimum Gasteiger partial charge on any atom is -0.252 e. The van der Waals surface area contributed by atoms with Crippen LogP contribution in [0, 0.1) is 0 Å². The Labute approximate surface area is 179 Å². The molecule has 0 saturated carbocycles. The summed E-state index contributed by atoms with van der Waals surface area (Å²) >= 11 is 4.53. The highest BCUT2D eigenvalue weighted by molar-refractivity contribution is 9.10. The number of rotatable bonds is 4. The van der Waals surface area contributed by atoms with Gasteiger partial charge >= 0.3 is 12.4 Å². The van der Waals surface area contributed by atoms with E-state index >= 15 is 0 Å². The van der Waals surface area contributed by atoms with Gasteiger partial charge in [0.1, 0.15) is 0 Å². The third kappa shape index (κ3) is 5.39. The average molecular weight is 508 g/mol. The zero-order valence-electron chi connectivity index (χ0n) is 15.1. The van der Waals surface area contributed by atoms with E-state index in [9.17, 15) is 26.3 Å². The highest BCUT2D eigenvalue weighted by Gasteiger charge is 2.37. The number of benzene rings is 2. The molecule has 2 aromatic carbocycles. The van der Waals surface area contributed by atoms with E-state index in [-0.39, 0.29) is 17.3 Å². The van der Waals surface area contributed by atoms with Gasteiger partial charge in [0.25, 0.3) is 0 Å². The Balaban J connectivity index is 1.86. The summed E-state index contributed by atoms with van der Waals surface area (Å²) in [4.78, 5) is 4.31. The van der Waals surface area contributed by atoms with Crippen molar-refractivity contribution >= 4 is 38.1 Å². The molecule has 0 saturated heterocycles. The molecular weight excluding hydrogens is 496 g/mol. The normalized spacial score (nSPS) is 12.9. The number of hydrogen-bond donors (Lipinski definition) is 1. The van der Waals surface area contributed by atoms with Crippen LogP contribution in [0.15, 0.2) is 57.4 Å². The lowest BCUT2D eigenvalue weighted by Gasteiger charge is -2.14. The molecule has 0 spiro atoms. The van der Waals surface area contributed by atoms with E-state index in [1.807, 2.05) is 24.3 Å². The first-order valence-corrected chi connectivity index (χ1v) is 9.92. The van der Waals surface area contributed by atoms with Crippen molar-refractivity contribution in [2.45, 2.75) is 19.3 Å². The molecule has 3 rings (SSSR count). The molecule has 1 heterocycles. The number of anilines is 1. The lowest BCUT2D eigenvalue weighted by Crippen LogP contribution is -2.13. The van der Waals surface area contributed by atoms with E-state index in [0.717, 1.165) is 10.0 Å². The van der Waals surface area contributed by atoms with Crippen molar-refractivity contribution < 1.29 is 26.3 Å². The summed E-state index contributed by atoms with van der Waals surface area (Å²) in [7, 11) is 0. The minimum atomic E-state index is -4.92. The first-order chi connectivity index (χ1) is 13.9. The molecule has 3 nitrogen and oxygen atoms in total. The predicted molar refractivity (Wildman–Crippen MR) is 108 cm³/mol. The van der Waals surface area contributed by atoms with Gasteiger partial charge in [-0.2, -0.15) is 31.4 Å². The maximum atomic E-state index is 13.0. The van der Waals surface area contributed by atoms with Crippen molar-refractivity contribution in [2.24, 2.45) is 5.10 Å². The molecule has 0 bridgehead atoms. The molecule has 0 unspecified atom stereocenters. The second kappa shape index (κ2) is 8.38. The fraction of sp³-hybridized carbons (Fsp3) is 0.158. The quantitative estimate of drug-likeness (QED) is 0.226. The van der Waals surface area contributed by atoms with Crippen LogP contribution in [0.3, 0.4) is 0 Å². The molecule has 11 heteroatoms. The highest BCUT2D eigenvalue weighted by Crippen LogP contribution is 2.36. The summed E-state index contributed by atoms with van der Waals surface area (Å²) in [5.74, 6) is 0. The molecule has 1 N–H and O–H groups in total. The number of hydrogen-bond acceptors (Lipinski definition) is 4. The first-order valence-electron chi connectivity index (χ1n) is 8.25. The van der Waals surface area contributed by atoms with E-state index < -0.39 is 23.5 Å². The number of alkyl halides is 6. The lowest BCUT2D eigenvalue weighted by molar-refractivity contribution is -0.143. The van der Waals surface area contributed by atoms with Crippen LogP contribution in [0.5, 0.6) is 0 Å². The van der Waals surface area contributed by atoms with E-state index in [1.165, 1.54) is 18.3 Å². The second-order valence-electron chi connectivity index (χ2n) is 6.15. The molecule has 0 radical (unpaired) electrons. The van der Waals surface area contributed by atoms with Crippen molar-refractivity contribution in [3.63, 3.8) is 0 Å². The molecule has 0 aliphatic heterocycles. The maximum Gasteiger partial charge on any atom is 0.416 e. The van der Waals surface area contributed by atoms with E-state index in [2.05, 4.69) is 31.4 Å². The van der Waals surface area contributed by atoms with Gasteiger partial charge in [0.05, 0.1) is 22.5 Å². The van der Waals surface area contributed by atoms with Crippen LogP contribution in [0.4, 0.5) is 31.5 Å². The van der Waals surface area contributed by atoms with Gasteiger partial charge < -0.3 is 0 Å². The average Bonchev–Trinajstić information content (AvgIpc) is 3.14. The lowest BCUT2D eigenvalue weighted by atomic mass is 10.0. The fourth-order valence-corrected chi connectivity index (χ4v) is 3.36. The number of halogens is 7. The van der Waals surface area contributed by atoms with E-state index in [0.29, 0.717) is 23.0 Å². The van der Waals surface area contributed by atoms with Crippen molar-refractivity contribution in [3.8, 4) is 11.3 Å². The Kier molecular flexibility index (Phi) is 6.23. The van der Waals surface area contributed by atoms with Gasteiger partial charge in [0.2, 0.25) is 5.13 Å². The molecule has 1 aromatic heterocycles. The Hall–Kier alpha value is -2.40. The monoisotopic (exact) mass is 507 g/mol. The van der Waals surface area contributed by atoms with Crippen LogP contribution in [0.2, 0.25) is 0 Å². The summed E-state index contributed by atoms with van der Waals surface area (Å²) in [5, 5.41) is 6.00. The van der Waals surface area contributed by atoms with Crippen molar-refractivity contribution in [2.75, 3.05) is 5.43 Å². The van der Waals surface area contributed by atoms with Crippen LogP contribution in [0.25, 0.3) is 11.3 Å². The van der Waals surface area contributed by atoms with E-state index in [1.54, 1.807) is 5.38 Å². The van der Waals surface area contributed by atoms with E-state index in [4.69, 9.17) is 0 Å². The van der Waals surface area contributed by atoms with Gasteiger partial charge in [-0.05, 0) is 42.8 Å². The molecule has 0 amide bonds. The van der Waals surface area contributed by atoms with Crippen molar-refractivity contribution in [1.29, 1.82) is 0 Å². The molecule has 0 fully saturated rings. The van der Waals surface area contributed by atoms with Gasteiger partial charge in [-0.3, -0.25) is 5.43 Å². The van der Waals surface area contributed by atoms with Crippen LogP contribution in [0.1, 0.15) is 23.6 Å². The summed E-state index contributed by atoms with van der Waals surface area (Å²) in [6, 6.07) is 8.72. The van der Waals surface area contributed by atoms with Gasteiger partial charge in [-0.1, -0.05) is 28.1 Å². The second-order valence-corrected chi connectivity index (χ2v) is 7.92. The predicted octanol–water partition coefficient (Wildman–Crippen LogP) is 7.45. The van der Waals surface area contributed by atoms with Crippen LogP contribution < -0.4 is 5.43 Å². The van der Waals surface area contributed by atoms with Gasteiger partial charge in [0, 0.05) is 15.4 Å². The Morgan fingerprint density at radius 1 is 0.967 bits per heavy atom. The minimum absolute atomic E-state index is 0.0491. The number of nitrogens with one attached hydrogen (secondary N) is 1. The first kappa shape index (κ1) is 22.3. The smallest absolute Gasteiger partial charge is 0.252 e. The van der Waals surface area contributed by atoms with Crippen LogP contribution in [-0.2, 0) is 12.4 Å². The third-order valence-corrected chi connectivity index (χ3v) is 5.24. The topological polar surface area (TPSA) is 37.3 Å². The Morgan fingerprint density at radius 2 is 1.53 bits per heavy atom. The molecule has 0 aliphatic carbocycles. The zero-order chi connectivity index (χ0) is 22.1. The number of aromatic nitrogens is 1. The van der Waals surface area contributed by atoms with Crippen LogP contribution >= 0.6 is 27.3 Å². The van der Waals surface area contributed by atoms with Crippen LogP contribution in [-0.4, -0.2) is 10.7 Å². The fourth-order valence-electron chi connectivity index (χ4n) is 2.44. The standard InChI is InChI=1S/C19H12BrF6N3S/c1-10(12-6-13(18(21,22)23)8-14(7-12)19(24,25)26)28-29-17-27-16(9-30-17)11-2-4-15(20)5-3-11/h2-9H,1H3,(H,27,29)/b28-10+. The highest BCUT2D eigenvalue weighted by atomic mass is 79.9. The number of hydrazone groups is 1. The molecule has 3 aromatic rings. The molecule has 0 atom stereocenters. The summed E-state index contributed by atoms with van der Waals surface area (Å²) < 4.78 is 78.9. The SMILES string of the molecule is C/C(=N\Nc1nc(-c2ccc(Br)cc2)cs1)c1cc(C(F)(F)F)cc(C(F)(F)F)c1. The van der Waals surface area contributed by atoms with Gasteiger partial charge in [0.15, 0.2) is 0 Å². The summed E-state index contributed by atoms with van der Waals surface area (Å²) in [6.07, 6.45) is -9.84. The molecule has 0 aliphatic rings. The largest absolute Gasteiger partial charge is 0.416 e. The Bertz CT molecular complexity index is 1040. The third-order valence-electron chi connectivity index (χ3n) is 3.97. The summed E-state index contributed by atoms with van der Waals surface area (Å²) in [6.45, 7) is 1.31. The number of thiazole rings is 1. The molecule has 30 heavy (non-hydrogen) atoms. The molecular formula is C19H12BrF6N3S.